The molecule has 0 unspecified atom stereocenters. The summed E-state index contributed by atoms with van der Waals surface area (Å²) < 4.78 is 5.26. The van der Waals surface area contributed by atoms with Gasteiger partial charge in [-0.25, -0.2) is 0 Å². The molecule has 0 saturated carbocycles. The normalized spacial score (nSPS) is 19.9. The molecule has 15 heavy (non-hydrogen) atoms. The standard InChI is InChI=1S/C11H22N2O2/c1-2-3-10(12)11(14)13-8-9-4-6-15-7-5-9/h9-10H,2-8,12H2,1H3,(H,13,14)/t10-/m1/s1. The molecular formula is C11H22N2O2. The van der Waals surface area contributed by atoms with Gasteiger partial charge in [-0.3, -0.25) is 4.79 Å². The van der Waals surface area contributed by atoms with E-state index in [-0.39, 0.29) is 11.9 Å². The zero-order valence-electron chi connectivity index (χ0n) is 9.50. The molecule has 1 rings (SSSR count). The lowest BCUT2D eigenvalue weighted by atomic mass is 10.0. The minimum Gasteiger partial charge on any atom is -0.381 e. The third kappa shape index (κ3) is 4.62. The fourth-order valence-corrected chi connectivity index (χ4v) is 1.77. The highest BCUT2D eigenvalue weighted by Crippen LogP contribution is 2.13. The SMILES string of the molecule is CCC[C@@H](N)C(=O)NCC1CCOCC1. The summed E-state index contributed by atoms with van der Waals surface area (Å²) in [5, 5.41) is 2.92. The largest absolute Gasteiger partial charge is 0.381 e. The first kappa shape index (κ1) is 12.5. The average Bonchev–Trinajstić information content (AvgIpc) is 2.27. The molecule has 3 N–H and O–H groups in total. The predicted octanol–water partition coefficient (Wildman–Crippen LogP) is 0.657. The second kappa shape index (κ2) is 6.80. The Morgan fingerprint density at radius 2 is 2.20 bits per heavy atom. The van der Waals surface area contributed by atoms with Gasteiger partial charge in [-0.15, -0.1) is 0 Å². The van der Waals surface area contributed by atoms with Gasteiger partial charge >= 0.3 is 0 Å². The quantitative estimate of drug-likeness (QED) is 0.706. The first-order valence-corrected chi connectivity index (χ1v) is 5.85. The van der Waals surface area contributed by atoms with Gasteiger partial charge in [0.05, 0.1) is 6.04 Å². The lowest BCUT2D eigenvalue weighted by molar-refractivity contribution is -0.122. The van der Waals surface area contributed by atoms with E-state index in [0.29, 0.717) is 5.92 Å². The van der Waals surface area contributed by atoms with E-state index < -0.39 is 0 Å². The van der Waals surface area contributed by atoms with Crippen LogP contribution in [0.3, 0.4) is 0 Å². The Morgan fingerprint density at radius 1 is 1.53 bits per heavy atom. The minimum absolute atomic E-state index is 0.0108. The summed E-state index contributed by atoms with van der Waals surface area (Å²) in [4.78, 5) is 11.5. The van der Waals surface area contributed by atoms with Crippen LogP contribution in [0.5, 0.6) is 0 Å². The molecule has 0 radical (unpaired) electrons. The van der Waals surface area contributed by atoms with Crippen LogP contribution in [0.1, 0.15) is 32.6 Å². The maximum absolute atomic E-state index is 11.5. The van der Waals surface area contributed by atoms with Gasteiger partial charge < -0.3 is 15.8 Å². The molecule has 1 heterocycles. The van der Waals surface area contributed by atoms with Crippen molar-refractivity contribution in [3.8, 4) is 0 Å². The molecule has 4 heteroatoms. The third-order valence-electron chi connectivity index (χ3n) is 2.84. The Balaban J connectivity index is 2.14. The van der Waals surface area contributed by atoms with Crippen LogP contribution in [0.15, 0.2) is 0 Å². The van der Waals surface area contributed by atoms with Crippen LogP contribution < -0.4 is 11.1 Å². The number of nitrogens with one attached hydrogen (secondary N) is 1. The Morgan fingerprint density at radius 3 is 2.80 bits per heavy atom. The maximum atomic E-state index is 11.5. The Bertz CT molecular complexity index is 191. The van der Waals surface area contributed by atoms with E-state index in [1.54, 1.807) is 0 Å². The number of rotatable bonds is 5. The number of amides is 1. The van der Waals surface area contributed by atoms with Gasteiger partial charge in [0.25, 0.3) is 0 Å². The lowest BCUT2D eigenvalue weighted by Gasteiger charge is -2.22. The summed E-state index contributed by atoms with van der Waals surface area (Å²) in [6.45, 7) is 4.42. The average molecular weight is 214 g/mol. The van der Waals surface area contributed by atoms with Crippen molar-refractivity contribution in [3.05, 3.63) is 0 Å². The Hall–Kier alpha value is -0.610. The van der Waals surface area contributed by atoms with Crippen LogP contribution in [-0.4, -0.2) is 31.7 Å². The van der Waals surface area contributed by atoms with Gasteiger partial charge in [0.15, 0.2) is 0 Å². The van der Waals surface area contributed by atoms with Crippen LogP contribution in [0.4, 0.5) is 0 Å². The molecule has 0 aromatic carbocycles. The molecule has 1 saturated heterocycles. The van der Waals surface area contributed by atoms with Gasteiger partial charge in [0, 0.05) is 19.8 Å². The van der Waals surface area contributed by atoms with Crippen molar-refractivity contribution < 1.29 is 9.53 Å². The van der Waals surface area contributed by atoms with Gasteiger partial charge in [-0.2, -0.15) is 0 Å². The van der Waals surface area contributed by atoms with Crippen molar-refractivity contribution >= 4 is 5.91 Å². The van der Waals surface area contributed by atoms with Gasteiger partial charge in [-0.1, -0.05) is 13.3 Å². The summed E-state index contributed by atoms with van der Waals surface area (Å²) in [5.41, 5.74) is 5.71. The molecule has 4 nitrogen and oxygen atoms in total. The molecule has 0 bridgehead atoms. The molecule has 0 spiro atoms. The van der Waals surface area contributed by atoms with Gasteiger partial charge in [0.1, 0.15) is 0 Å². The van der Waals surface area contributed by atoms with Crippen LogP contribution in [0, 0.1) is 5.92 Å². The summed E-state index contributed by atoms with van der Waals surface area (Å²) >= 11 is 0. The topological polar surface area (TPSA) is 64.4 Å². The highest BCUT2D eigenvalue weighted by atomic mass is 16.5. The van der Waals surface area contributed by atoms with Crippen LogP contribution >= 0.6 is 0 Å². The second-order valence-corrected chi connectivity index (χ2v) is 4.20. The van der Waals surface area contributed by atoms with Crippen molar-refractivity contribution in [3.63, 3.8) is 0 Å². The summed E-state index contributed by atoms with van der Waals surface area (Å²) in [7, 11) is 0. The summed E-state index contributed by atoms with van der Waals surface area (Å²) in [5.74, 6) is 0.555. The first-order chi connectivity index (χ1) is 7.24. The minimum atomic E-state index is -0.338. The van der Waals surface area contributed by atoms with Crippen molar-refractivity contribution in [2.75, 3.05) is 19.8 Å². The summed E-state index contributed by atoms with van der Waals surface area (Å²) in [6.07, 6.45) is 3.80. The highest BCUT2D eigenvalue weighted by Gasteiger charge is 2.17. The second-order valence-electron chi connectivity index (χ2n) is 4.20. The summed E-state index contributed by atoms with van der Waals surface area (Å²) in [6, 6.07) is -0.338. The van der Waals surface area contributed by atoms with Crippen LogP contribution in [0.2, 0.25) is 0 Å². The first-order valence-electron chi connectivity index (χ1n) is 5.85. The number of ether oxygens (including phenoxy) is 1. The van der Waals surface area contributed by atoms with Crippen LogP contribution in [0.25, 0.3) is 0 Å². The van der Waals surface area contributed by atoms with Crippen molar-refractivity contribution in [2.24, 2.45) is 11.7 Å². The monoisotopic (exact) mass is 214 g/mol. The number of nitrogens with two attached hydrogens (primary N) is 1. The van der Waals surface area contributed by atoms with Crippen LogP contribution in [-0.2, 0) is 9.53 Å². The van der Waals surface area contributed by atoms with E-state index >= 15 is 0 Å². The molecule has 1 aliphatic rings. The molecule has 1 atom stereocenters. The molecular weight excluding hydrogens is 192 g/mol. The van der Waals surface area contributed by atoms with E-state index in [1.807, 2.05) is 6.92 Å². The smallest absolute Gasteiger partial charge is 0.236 e. The highest BCUT2D eigenvalue weighted by molar-refractivity contribution is 5.81. The van der Waals surface area contributed by atoms with E-state index in [4.69, 9.17) is 10.5 Å². The molecule has 1 aliphatic heterocycles. The fourth-order valence-electron chi connectivity index (χ4n) is 1.77. The van der Waals surface area contributed by atoms with E-state index in [2.05, 4.69) is 5.32 Å². The number of carbonyl (C=O) groups excluding carboxylic acids is 1. The van der Waals surface area contributed by atoms with Crippen molar-refractivity contribution in [1.82, 2.24) is 5.32 Å². The lowest BCUT2D eigenvalue weighted by Crippen LogP contribution is -2.42. The number of carbonyl (C=O) groups is 1. The molecule has 0 aromatic rings. The van der Waals surface area contributed by atoms with Gasteiger partial charge in [-0.05, 0) is 25.2 Å². The Labute approximate surface area is 91.5 Å². The fraction of sp³-hybridized carbons (Fsp3) is 0.909. The molecule has 1 amide bonds. The zero-order chi connectivity index (χ0) is 11.1. The van der Waals surface area contributed by atoms with Crippen molar-refractivity contribution in [2.45, 2.75) is 38.6 Å². The molecule has 88 valence electrons. The predicted molar refractivity (Wildman–Crippen MR) is 59.4 cm³/mol. The zero-order valence-corrected chi connectivity index (χ0v) is 9.50. The number of hydrogen-bond acceptors (Lipinski definition) is 3. The van der Waals surface area contributed by atoms with Crippen molar-refractivity contribution in [1.29, 1.82) is 0 Å². The molecule has 1 fully saturated rings. The van der Waals surface area contributed by atoms with E-state index in [0.717, 1.165) is 45.4 Å². The van der Waals surface area contributed by atoms with Gasteiger partial charge in [0.2, 0.25) is 5.91 Å². The number of hydrogen-bond donors (Lipinski definition) is 2. The Kier molecular flexibility index (Phi) is 5.65. The molecule has 0 aromatic heterocycles. The molecule has 0 aliphatic carbocycles. The van der Waals surface area contributed by atoms with E-state index in [1.165, 1.54) is 0 Å². The maximum Gasteiger partial charge on any atom is 0.236 e. The third-order valence-corrected chi connectivity index (χ3v) is 2.84. The van der Waals surface area contributed by atoms with E-state index in [9.17, 15) is 4.79 Å².